The summed E-state index contributed by atoms with van der Waals surface area (Å²) in [6.45, 7) is 3.59. The Bertz CT molecular complexity index is 992. The average molecular weight is 352 g/mol. The van der Waals surface area contributed by atoms with Gasteiger partial charge in [0.2, 0.25) is 0 Å². The number of amides is 1. The van der Waals surface area contributed by atoms with Gasteiger partial charge in [0, 0.05) is 11.8 Å². The fraction of sp³-hybridized carbons (Fsp3) is 0.211. The van der Waals surface area contributed by atoms with Crippen LogP contribution in [0.4, 0.5) is 0 Å². The van der Waals surface area contributed by atoms with E-state index in [9.17, 15) is 4.79 Å². The zero-order valence-corrected chi connectivity index (χ0v) is 15.1. The molecule has 1 amide bonds. The Morgan fingerprint density at radius 3 is 2.73 bits per heavy atom. The molecule has 3 rings (SSSR count). The van der Waals surface area contributed by atoms with Crippen LogP contribution in [0.2, 0.25) is 0 Å². The smallest absolute Gasteiger partial charge is 0.290 e. The van der Waals surface area contributed by atoms with Gasteiger partial charge in [0.05, 0.1) is 25.6 Å². The number of hydrazone groups is 1. The Labute approximate surface area is 151 Å². The van der Waals surface area contributed by atoms with Crippen molar-refractivity contribution >= 4 is 17.3 Å². The van der Waals surface area contributed by atoms with Gasteiger partial charge >= 0.3 is 0 Å². The van der Waals surface area contributed by atoms with Crippen molar-refractivity contribution in [3.63, 3.8) is 0 Å². The van der Waals surface area contributed by atoms with Gasteiger partial charge in [-0.3, -0.25) is 9.20 Å². The number of hydrogen-bond acceptors (Lipinski definition) is 5. The van der Waals surface area contributed by atoms with E-state index in [2.05, 4.69) is 15.5 Å². The van der Waals surface area contributed by atoms with Crippen LogP contribution in [-0.2, 0) is 0 Å². The molecule has 0 unspecified atom stereocenters. The van der Waals surface area contributed by atoms with Crippen LogP contribution in [0, 0.1) is 6.92 Å². The van der Waals surface area contributed by atoms with Crippen LogP contribution in [0.5, 0.6) is 11.5 Å². The van der Waals surface area contributed by atoms with E-state index >= 15 is 0 Å². The van der Waals surface area contributed by atoms with Gasteiger partial charge in [0.25, 0.3) is 5.91 Å². The summed E-state index contributed by atoms with van der Waals surface area (Å²) in [4.78, 5) is 17.0. The van der Waals surface area contributed by atoms with Crippen molar-refractivity contribution in [2.24, 2.45) is 5.10 Å². The lowest BCUT2D eigenvalue weighted by molar-refractivity contribution is 0.0948. The van der Waals surface area contributed by atoms with Crippen molar-refractivity contribution in [1.29, 1.82) is 0 Å². The van der Waals surface area contributed by atoms with E-state index in [1.807, 2.05) is 24.3 Å². The molecule has 134 valence electrons. The molecule has 0 aliphatic heterocycles. The summed E-state index contributed by atoms with van der Waals surface area (Å²) < 4.78 is 12.3. The van der Waals surface area contributed by atoms with E-state index in [-0.39, 0.29) is 5.91 Å². The van der Waals surface area contributed by atoms with E-state index in [1.54, 1.807) is 50.8 Å². The van der Waals surface area contributed by atoms with E-state index in [0.717, 1.165) is 5.56 Å². The molecular weight excluding hydrogens is 332 g/mol. The normalized spacial score (nSPS) is 11.5. The van der Waals surface area contributed by atoms with Crippen LogP contribution >= 0.6 is 0 Å². The Balaban J connectivity index is 1.89. The number of carbonyl (C=O) groups excluding carboxylic acids is 1. The van der Waals surface area contributed by atoms with Crippen molar-refractivity contribution in [2.75, 3.05) is 14.2 Å². The van der Waals surface area contributed by atoms with Crippen molar-refractivity contribution in [3.8, 4) is 11.5 Å². The second-order valence-electron chi connectivity index (χ2n) is 5.68. The van der Waals surface area contributed by atoms with Crippen LogP contribution < -0.4 is 14.9 Å². The molecule has 0 radical (unpaired) electrons. The van der Waals surface area contributed by atoms with Gasteiger partial charge in [0.1, 0.15) is 22.8 Å². The van der Waals surface area contributed by atoms with Crippen molar-refractivity contribution < 1.29 is 14.3 Å². The molecule has 2 heterocycles. The van der Waals surface area contributed by atoms with E-state index < -0.39 is 0 Å². The zero-order valence-electron chi connectivity index (χ0n) is 15.1. The molecule has 0 saturated heterocycles. The standard InChI is InChI=1S/C19H20N4O3/c1-12(15-11-14(25-3)8-9-16(15)26-4)21-22-19(24)18-13(2)20-17-7-5-6-10-23(17)18/h5-11H,1-4H3,(H,22,24)/b21-12-. The Kier molecular flexibility index (Phi) is 4.88. The molecule has 7 heteroatoms. The minimum absolute atomic E-state index is 0.331. The number of carbonyl (C=O) groups is 1. The molecule has 26 heavy (non-hydrogen) atoms. The maximum Gasteiger partial charge on any atom is 0.290 e. The topological polar surface area (TPSA) is 77.2 Å². The minimum atomic E-state index is -0.331. The second kappa shape index (κ2) is 7.26. The molecule has 7 nitrogen and oxygen atoms in total. The molecule has 0 fully saturated rings. The quantitative estimate of drug-likeness (QED) is 0.566. The third-order valence-corrected chi connectivity index (χ3v) is 4.04. The first-order chi connectivity index (χ1) is 12.5. The summed E-state index contributed by atoms with van der Waals surface area (Å²) >= 11 is 0. The largest absolute Gasteiger partial charge is 0.497 e. The zero-order chi connectivity index (χ0) is 18.7. The summed E-state index contributed by atoms with van der Waals surface area (Å²) in [6.07, 6.45) is 1.80. The Hall–Kier alpha value is -3.35. The Morgan fingerprint density at radius 1 is 1.19 bits per heavy atom. The van der Waals surface area contributed by atoms with Gasteiger partial charge in [-0.25, -0.2) is 10.4 Å². The van der Waals surface area contributed by atoms with Crippen molar-refractivity contribution in [1.82, 2.24) is 14.8 Å². The molecular formula is C19H20N4O3. The van der Waals surface area contributed by atoms with Gasteiger partial charge < -0.3 is 9.47 Å². The monoisotopic (exact) mass is 352 g/mol. The predicted octanol–water partition coefficient (Wildman–Crippen LogP) is 2.81. The second-order valence-corrected chi connectivity index (χ2v) is 5.68. The first-order valence-corrected chi connectivity index (χ1v) is 8.06. The lowest BCUT2D eigenvalue weighted by Gasteiger charge is -2.10. The van der Waals surface area contributed by atoms with Gasteiger partial charge in [0.15, 0.2) is 0 Å². The summed E-state index contributed by atoms with van der Waals surface area (Å²) in [7, 11) is 3.17. The predicted molar refractivity (Wildman–Crippen MR) is 99.2 cm³/mol. The first-order valence-electron chi connectivity index (χ1n) is 8.06. The number of aromatic nitrogens is 2. The van der Waals surface area contributed by atoms with Crippen LogP contribution in [0.25, 0.3) is 5.65 Å². The van der Waals surface area contributed by atoms with Crippen molar-refractivity contribution in [2.45, 2.75) is 13.8 Å². The highest BCUT2D eigenvalue weighted by Crippen LogP contribution is 2.24. The highest BCUT2D eigenvalue weighted by molar-refractivity contribution is 6.03. The number of pyridine rings is 1. The number of ether oxygens (including phenoxy) is 2. The Morgan fingerprint density at radius 2 is 2.00 bits per heavy atom. The highest BCUT2D eigenvalue weighted by Gasteiger charge is 2.16. The lowest BCUT2D eigenvalue weighted by Crippen LogP contribution is -2.22. The highest BCUT2D eigenvalue weighted by atomic mass is 16.5. The average Bonchev–Trinajstić information content (AvgIpc) is 3.01. The number of rotatable bonds is 5. The van der Waals surface area contributed by atoms with E-state index in [0.29, 0.717) is 34.2 Å². The van der Waals surface area contributed by atoms with Crippen LogP contribution in [-0.4, -0.2) is 35.2 Å². The SMILES string of the molecule is COc1ccc(OC)c(/C(C)=N\NC(=O)c2c(C)nc3ccccn23)c1. The minimum Gasteiger partial charge on any atom is -0.497 e. The molecule has 0 aliphatic carbocycles. The summed E-state index contributed by atoms with van der Waals surface area (Å²) in [6, 6.07) is 11.0. The number of nitrogens with one attached hydrogen (secondary N) is 1. The van der Waals surface area contributed by atoms with Crippen molar-refractivity contribution in [3.05, 3.63) is 59.5 Å². The van der Waals surface area contributed by atoms with Gasteiger partial charge in [-0.1, -0.05) is 6.07 Å². The maximum atomic E-state index is 12.6. The number of hydrogen-bond donors (Lipinski definition) is 1. The van der Waals surface area contributed by atoms with Crippen LogP contribution in [0.1, 0.15) is 28.7 Å². The number of methoxy groups -OCH3 is 2. The fourth-order valence-electron chi connectivity index (χ4n) is 2.73. The lowest BCUT2D eigenvalue weighted by atomic mass is 10.1. The fourth-order valence-corrected chi connectivity index (χ4v) is 2.73. The maximum absolute atomic E-state index is 12.6. The molecule has 1 N–H and O–H groups in total. The number of nitrogens with zero attached hydrogens (tertiary/aromatic N) is 3. The molecule has 0 saturated carbocycles. The van der Waals surface area contributed by atoms with Crippen LogP contribution in [0.15, 0.2) is 47.7 Å². The molecule has 0 aliphatic rings. The van der Waals surface area contributed by atoms with E-state index in [1.165, 1.54) is 0 Å². The van der Waals surface area contributed by atoms with Gasteiger partial charge in [-0.05, 0) is 44.2 Å². The number of benzene rings is 1. The van der Waals surface area contributed by atoms with E-state index in [4.69, 9.17) is 9.47 Å². The molecule has 2 aromatic heterocycles. The number of imidazole rings is 1. The molecule has 0 spiro atoms. The first kappa shape index (κ1) is 17.5. The molecule has 0 atom stereocenters. The number of aryl methyl sites for hydroxylation is 1. The van der Waals surface area contributed by atoms with Crippen LogP contribution in [0.3, 0.4) is 0 Å². The summed E-state index contributed by atoms with van der Waals surface area (Å²) in [5.74, 6) is 0.994. The third-order valence-electron chi connectivity index (χ3n) is 4.04. The summed E-state index contributed by atoms with van der Waals surface area (Å²) in [5.41, 5.74) is 5.74. The third kappa shape index (κ3) is 3.23. The number of fused-ring (bicyclic) bond motifs is 1. The summed E-state index contributed by atoms with van der Waals surface area (Å²) in [5, 5.41) is 4.22. The molecule has 1 aromatic carbocycles. The molecule has 3 aromatic rings. The van der Waals surface area contributed by atoms with Gasteiger partial charge in [-0.15, -0.1) is 0 Å². The molecule has 0 bridgehead atoms. The van der Waals surface area contributed by atoms with Gasteiger partial charge in [-0.2, -0.15) is 5.10 Å².